The molecule has 2 aliphatic rings. The number of aromatic nitrogens is 2. The molecule has 0 bridgehead atoms. The highest BCUT2D eigenvalue weighted by Gasteiger charge is 2.45. The summed E-state index contributed by atoms with van der Waals surface area (Å²) in [6, 6.07) is 22.2. The Bertz CT molecular complexity index is 905. The van der Waals surface area contributed by atoms with Crippen LogP contribution in [0.1, 0.15) is 22.9 Å². The van der Waals surface area contributed by atoms with E-state index in [9.17, 15) is 0 Å². The molecule has 3 heterocycles. The summed E-state index contributed by atoms with van der Waals surface area (Å²) in [6.45, 7) is 5.45. The van der Waals surface area contributed by atoms with Gasteiger partial charge in [0.1, 0.15) is 0 Å². The number of nitrogens with zero attached hydrogens (tertiary/aromatic N) is 4. The molecule has 2 aromatic carbocycles. The Kier molecular flexibility index (Phi) is 4.75. The highest BCUT2D eigenvalue weighted by atomic mass is 15.3. The van der Waals surface area contributed by atoms with Crippen molar-refractivity contribution in [1.82, 2.24) is 19.4 Å². The van der Waals surface area contributed by atoms with Crippen molar-refractivity contribution in [3.8, 4) is 0 Å². The summed E-state index contributed by atoms with van der Waals surface area (Å²) in [6.07, 6.45) is 4.01. The molecule has 5 rings (SSSR count). The lowest BCUT2D eigenvalue weighted by Crippen LogP contribution is -2.29. The summed E-state index contributed by atoms with van der Waals surface area (Å²) < 4.78 is 2.30. The number of likely N-dealkylation sites (tertiary alicyclic amines) is 2. The van der Waals surface area contributed by atoms with E-state index >= 15 is 0 Å². The van der Waals surface area contributed by atoms with Gasteiger partial charge in [0.15, 0.2) is 0 Å². The summed E-state index contributed by atoms with van der Waals surface area (Å²) in [5, 5.41) is 0. The van der Waals surface area contributed by atoms with Crippen LogP contribution in [0.4, 0.5) is 0 Å². The molecule has 0 saturated carbocycles. The third-order valence-corrected chi connectivity index (χ3v) is 6.49. The smallest absolute Gasteiger partial charge is 0.0951 e. The van der Waals surface area contributed by atoms with Gasteiger partial charge >= 0.3 is 0 Å². The third kappa shape index (κ3) is 3.38. The predicted octanol–water partition coefficient (Wildman–Crippen LogP) is 3.67. The minimum Gasteiger partial charge on any atom is -0.329 e. The molecular weight excluding hydrogens is 344 g/mol. The Hall–Kier alpha value is -2.43. The van der Waals surface area contributed by atoms with E-state index in [1.165, 1.54) is 36.5 Å². The van der Waals surface area contributed by atoms with Gasteiger partial charge in [-0.25, -0.2) is 4.98 Å². The van der Waals surface area contributed by atoms with Crippen molar-refractivity contribution in [3.63, 3.8) is 0 Å². The Labute approximate surface area is 167 Å². The van der Waals surface area contributed by atoms with E-state index in [1.54, 1.807) is 0 Å². The van der Waals surface area contributed by atoms with Crippen molar-refractivity contribution >= 4 is 0 Å². The summed E-state index contributed by atoms with van der Waals surface area (Å²) in [4.78, 5) is 9.63. The predicted molar refractivity (Wildman–Crippen MR) is 112 cm³/mol. The average Bonchev–Trinajstić information content (AvgIpc) is 3.38. The van der Waals surface area contributed by atoms with Crippen molar-refractivity contribution in [2.45, 2.75) is 19.1 Å². The van der Waals surface area contributed by atoms with Gasteiger partial charge < -0.3 is 4.57 Å². The van der Waals surface area contributed by atoms with Crippen LogP contribution >= 0.6 is 0 Å². The van der Waals surface area contributed by atoms with Gasteiger partial charge in [0.25, 0.3) is 0 Å². The van der Waals surface area contributed by atoms with Gasteiger partial charge in [-0.05, 0) is 30.0 Å². The average molecular weight is 373 g/mol. The lowest BCUT2D eigenvalue weighted by molar-refractivity contribution is 0.222. The normalized spacial score (nSPS) is 25.2. The zero-order valence-corrected chi connectivity index (χ0v) is 16.5. The molecule has 2 saturated heterocycles. The molecule has 3 atom stereocenters. The zero-order chi connectivity index (χ0) is 18.9. The van der Waals surface area contributed by atoms with Gasteiger partial charge in [-0.2, -0.15) is 0 Å². The zero-order valence-electron chi connectivity index (χ0n) is 16.5. The van der Waals surface area contributed by atoms with E-state index in [0.717, 1.165) is 24.9 Å². The Balaban J connectivity index is 1.29. The number of fused-ring (bicyclic) bond motifs is 1. The van der Waals surface area contributed by atoms with E-state index in [0.29, 0.717) is 6.04 Å². The SMILES string of the molecule is CN1C[C@H]2CN(Cc3cncn3Cc3ccccc3)C[C@H]2[C@@H]1c1ccccc1. The first-order valence-corrected chi connectivity index (χ1v) is 10.3. The highest BCUT2D eigenvalue weighted by molar-refractivity contribution is 5.23. The topological polar surface area (TPSA) is 24.3 Å². The van der Waals surface area contributed by atoms with Crippen LogP contribution in [-0.4, -0.2) is 46.0 Å². The highest BCUT2D eigenvalue weighted by Crippen LogP contribution is 2.44. The molecule has 28 heavy (non-hydrogen) atoms. The first-order chi connectivity index (χ1) is 13.8. The monoisotopic (exact) mass is 372 g/mol. The molecule has 3 aromatic rings. The molecule has 0 radical (unpaired) electrons. The van der Waals surface area contributed by atoms with E-state index in [4.69, 9.17) is 0 Å². The van der Waals surface area contributed by atoms with Gasteiger partial charge in [-0.1, -0.05) is 60.7 Å². The van der Waals surface area contributed by atoms with Gasteiger partial charge in [0.05, 0.1) is 12.0 Å². The lowest BCUT2D eigenvalue weighted by Gasteiger charge is -2.27. The van der Waals surface area contributed by atoms with E-state index in [-0.39, 0.29) is 0 Å². The van der Waals surface area contributed by atoms with Crippen LogP contribution in [0.15, 0.2) is 73.2 Å². The molecule has 0 unspecified atom stereocenters. The molecule has 4 heteroatoms. The molecule has 4 nitrogen and oxygen atoms in total. The molecule has 144 valence electrons. The third-order valence-electron chi connectivity index (χ3n) is 6.49. The van der Waals surface area contributed by atoms with Crippen molar-refractivity contribution in [2.24, 2.45) is 11.8 Å². The fraction of sp³-hybridized carbons (Fsp3) is 0.375. The van der Waals surface area contributed by atoms with Crippen molar-refractivity contribution in [1.29, 1.82) is 0 Å². The summed E-state index contributed by atoms with van der Waals surface area (Å²) >= 11 is 0. The second-order valence-corrected chi connectivity index (χ2v) is 8.41. The number of imidazole rings is 1. The van der Waals surface area contributed by atoms with E-state index in [1.807, 2.05) is 12.5 Å². The van der Waals surface area contributed by atoms with Gasteiger partial charge in [0.2, 0.25) is 0 Å². The fourth-order valence-electron chi connectivity index (χ4n) is 5.26. The molecule has 1 aromatic heterocycles. The Morgan fingerprint density at radius 3 is 2.43 bits per heavy atom. The van der Waals surface area contributed by atoms with Gasteiger partial charge in [0, 0.05) is 45.0 Å². The molecule has 0 N–H and O–H groups in total. The summed E-state index contributed by atoms with van der Waals surface area (Å²) in [5.74, 6) is 1.48. The lowest BCUT2D eigenvalue weighted by atomic mass is 9.90. The fourth-order valence-corrected chi connectivity index (χ4v) is 5.26. The summed E-state index contributed by atoms with van der Waals surface area (Å²) in [5.41, 5.74) is 4.10. The minimum atomic E-state index is 0.547. The van der Waals surface area contributed by atoms with Crippen LogP contribution in [0.3, 0.4) is 0 Å². The standard InChI is InChI=1S/C24H28N4/c1-26-14-21-15-27(17-23(21)24(26)20-10-6-3-7-11-20)16-22-12-25-18-28(22)13-19-8-4-2-5-9-19/h2-12,18,21,23-24H,13-17H2,1H3/t21-,23+,24-/m0/s1. The first-order valence-electron chi connectivity index (χ1n) is 10.3. The Morgan fingerprint density at radius 2 is 1.64 bits per heavy atom. The van der Waals surface area contributed by atoms with Crippen LogP contribution in [0.2, 0.25) is 0 Å². The maximum Gasteiger partial charge on any atom is 0.0951 e. The number of hydrogen-bond donors (Lipinski definition) is 0. The molecule has 0 amide bonds. The van der Waals surface area contributed by atoms with Crippen LogP contribution < -0.4 is 0 Å². The van der Waals surface area contributed by atoms with Crippen LogP contribution in [0, 0.1) is 11.8 Å². The maximum atomic E-state index is 4.44. The van der Waals surface area contributed by atoms with Gasteiger partial charge in [-0.15, -0.1) is 0 Å². The molecule has 0 aliphatic carbocycles. The Morgan fingerprint density at radius 1 is 0.893 bits per heavy atom. The van der Waals surface area contributed by atoms with Crippen LogP contribution in [-0.2, 0) is 13.1 Å². The van der Waals surface area contributed by atoms with Gasteiger partial charge in [-0.3, -0.25) is 9.80 Å². The minimum absolute atomic E-state index is 0.547. The second kappa shape index (κ2) is 7.53. The van der Waals surface area contributed by atoms with E-state index in [2.05, 4.69) is 87.1 Å². The van der Waals surface area contributed by atoms with Crippen molar-refractivity contribution in [2.75, 3.05) is 26.7 Å². The maximum absolute atomic E-state index is 4.44. The van der Waals surface area contributed by atoms with Crippen molar-refractivity contribution in [3.05, 3.63) is 90.0 Å². The molecule has 2 fully saturated rings. The number of hydrogen-bond acceptors (Lipinski definition) is 3. The van der Waals surface area contributed by atoms with Crippen molar-refractivity contribution < 1.29 is 0 Å². The second-order valence-electron chi connectivity index (χ2n) is 8.41. The largest absolute Gasteiger partial charge is 0.329 e. The molecule has 0 spiro atoms. The first kappa shape index (κ1) is 17.7. The number of rotatable bonds is 5. The van der Waals surface area contributed by atoms with Crippen LogP contribution in [0.25, 0.3) is 0 Å². The molecule has 2 aliphatic heterocycles. The van der Waals surface area contributed by atoms with E-state index < -0.39 is 0 Å². The van der Waals surface area contributed by atoms with Crippen LogP contribution in [0.5, 0.6) is 0 Å². The molecular formula is C24H28N4. The summed E-state index contributed by atoms with van der Waals surface area (Å²) in [7, 11) is 2.29. The quantitative estimate of drug-likeness (QED) is 0.683. The number of benzene rings is 2.